The van der Waals surface area contributed by atoms with E-state index in [2.05, 4.69) is 81.5 Å². The van der Waals surface area contributed by atoms with Crippen molar-refractivity contribution in [1.29, 1.82) is 0 Å². The molecule has 1 unspecified atom stereocenters. The lowest BCUT2D eigenvalue weighted by atomic mass is 10.2. The van der Waals surface area contributed by atoms with Crippen LogP contribution in [-0.4, -0.2) is 68.2 Å². The predicted molar refractivity (Wildman–Crippen MR) is 124 cm³/mol. The second kappa shape index (κ2) is 10.6. The van der Waals surface area contributed by atoms with Gasteiger partial charge in [-0.2, -0.15) is 0 Å². The highest BCUT2D eigenvalue weighted by Gasteiger charge is 2.21. The minimum atomic E-state index is 0.468. The molecule has 0 radical (unpaired) electrons. The van der Waals surface area contributed by atoms with Gasteiger partial charge >= 0.3 is 0 Å². The molecule has 7 heteroatoms. The van der Waals surface area contributed by atoms with E-state index in [1.54, 1.807) is 11.3 Å². The first kappa shape index (κ1) is 21.6. The summed E-state index contributed by atoms with van der Waals surface area (Å²) in [5, 5.41) is 8.08. The van der Waals surface area contributed by atoms with Gasteiger partial charge in [0.2, 0.25) is 0 Å². The number of nitrogens with one attached hydrogen (secondary N) is 2. The van der Waals surface area contributed by atoms with Gasteiger partial charge in [-0.25, -0.2) is 4.98 Å². The highest BCUT2D eigenvalue weighted by Crippen LogP contribution is 2.17. The monoisotopic (exact) mass is 414 g/mol. The van der Waals surface area contributed by atoms with Crippen molar-refractivity contribution in [2.75, 3.05) is 51.2 Å². The summed E-state index contributed by atoms with van der Waals surface area (Å²) in [7, 11) is 1.83. The number of hydrogen-bond acceptors (Lipinski definition) is 5. The van der Waals surface area contributed by atoms with E-state index in [1.165, 1.54) is 15.6 Å². The second-order valence-corrected chi connectivity index (χ2v) is 8.87. The molecule has 0 spiro atoms. The summed E-state index contributed by atoms with van der Waals surface area (Å²) in [5.74, 6) is 0.866. The van der Waals surface area contributed by atoms with Crippen LogP contribution in [0.2, 0.25) is 0 Å². The van der Waals surface area contributed by atoms with Gasteiger partial charge < -0.3 is 15.5 Å². The topological polar surface area (TPSA) is 55.8 Å². The van der Waals surface area contributed by atoms with E-state index in [4.69, 9.17) is 0 Å². The van der Waals surface area contributed by atoms with Crippen LogP contribution in [0.5, 0.6) is 0 Å². The molecule has 1 aromatic heterocycles. The van der Waals surface area contributed by atoms with Crippen LogP contribution in [0.15, 0.2) is 35.3 Å². The van der Waals surface area contributed by atoms with Crippen LogP contribution in [0.25, 0.3) is 0 Å². The summed E-state index contributed by atoms with van der Waals surface area (Å²) >= 11 is 1.79. The van der Waals surface area contributed by atoms with Gasteiger partial charge in [0, 0.05) is 69.3 Å². The Morgan fingerprint density at radius 1 is 1.14 bits per heavy atom. The molecule has 1 fully saturated rings. The Kier molecular flexibility index (Phi) is 7.89. The number of para-hydroxylation sites is 1. The van der Waals surface area contributed by atoms with Crippen LogP contribution < -0.4 is 15.5 Å². The minimum absolute atomic E-state index is 0.468. The molecule has 1 atom stereocenters. The number of thiazole rings is 1. The number of piperazine rings is 1. The molecule has 2 heterocycles. The van der Waals surface area contributed by atoms with Gasteiger partial charge in [-0.15, -0.1) is 11.3 Å². The maximum absolute atomic E-state index is 4.60. The van der Waals surface area contributed by atoms with Crippen molar-refractivity contribution in [2.45, 2.75) is 33.2 Å². The molecule has 2 N–H and O–H groups in total. The van der Waals surface area contributed by atoms with E-state index < -0.39 is 0 Å². The predicted octanol–water partition coefficient (Wildman–Crippen LogP) is 2.68. The average Bonchev–Trinajstić information content (AvgIpc) is 3.08. The van der Waals surface area contributed by atoms with E-state index in [0.29, 0.717) is 6.04 Å². The molecule has 1 aromatic carbocycles. The lowest BCUT2D eigenvalue weighted by molar-refractivity contribution is 0.197. The summed E-state index contributed by atoms with van der Waals surface area (Å²) in [5.41, 5.74) is 2.47. The molecule has 158 valence electrons. The van der Waals surface area contributed by atoms with Gasteiger partial charge in [-0.05, 0) is 32.9 Å². The number of nitrogens with zero attached hydrogens (tertiary/aromatic N) is 4. The van der Waals surface area contributed by atoms with Crippen LogP contribution in [0.1, 0.15) is 22.5 Å². The standard InChI is InChI=1S/C22H34N6S/c1-17(27-12-14-28(15-13-27)20-8-6-5-7-9-20)16-25-22(23-4)24-11-10-21-26-18(2)19(3)29-21/h5-9,17H,10-16H2,1-4H3,(H2,23,24,25). The van der Waals surface area contributed by atoms with Gasteiger partial charge in [0.15, 0.2) is 5.96 Å². The van der Waals surface area contributed by atoms with E-state index in [-0.39, 0.29) is 0 Å². The van der Waals surface area contributed by atoms with E-state index in [1.807, 2.05) is 7.05 Å². The molecule has 2 aromatic rings. The number of aryl methyl sites for hydroxylation is 2. The largest absolute Gasteiger partial charge is 0.369 e. The SMILES string of the molecule is CN=C(NCCc1nc(C)c(C)s1)NCC(C)N1CCN(c2ccccc2)CC1. The Morgan fingerprint density at radius 3 is 2.48 bits per heavy atom. The number of rotatable bonds is 7. The molecule has 0 amide bonds. The van der Waals surface area contributed by atoms with Crippen molar-refractivity contribution in [1.82, 2.24) is 20.5 Å². The van der Waals surface area contributed by atoms with Crippen molar-refractivity contribution >= 4 is 23.0 Å². The van der Waals surface area contributed by atoms with Crippen LogP contribution in [0.4, 0.5) is 5.69 Å². The summed E-state index contributed by atoms with van der Waals surface area (Å²) in [4.78, 5) is 15.3. The minimum Gasteiger partial charge on any atom is -0.369 e. The highest BCUT2D eigenvalue weighted by atomic mass is 32.1. The lowest BCUT2D eigenvalue weighted by Crippen LogP contribution is -2.53. The number of anilines is 1. The molecular formula is C22H34N6S. The molecule has 1 aliphatic rings. The van der Waals surface area contributed by atoms with Crippen molar-refractivity contribution < 1.29 is 0 Å². The third-order valence-electron chi connectivity index (χ3n) is 5.55. The summed E-state index contributed by atoms with van der Waals surface area (Å²) < 4.78 is 0. The number of aliphatic imine (C=N–C) groups is 1. The Morgan fingerprint density at radius 2 is 1.86 bits per heavy atom. The molecule has 3 rings (SSSR count). The highest BCUT2D eigenvalue weighted by molar-refractivity contribution is 7.11. The normalized spacial score (nSPS) is 16.7. The molecule has 29 heavy (non-hydrogen) atoms. The van der Waals surface area contributed by atoms with Crippen molar-refractivity contribution in [2.24, 2.45) is 4.99 Å². The molecule has 0 aliphatic carbocycles. The fourth-order valence-corrected chi connectivity index (χ4v) is 4.52. The zero-order chi connectivity index (χ0) is 20.6. The van der Waals surface area contributed by atoms with Gasteiger partial charge in [0.1, 0.15) is 0 Å². The van der Waals surface area contributed by atoms with Gasteiger partial charge in [-0.3, -0.25) is 9.89 Å². The Balaban J connectivity index is 1.37. The smallest absolute Gasteiger partial charge is 0.191 e. The Labute approximate surface area is 179 Å². The second-order valence-electron chi connectivity index (χ2n) is 7.59. The maximum Gasteiger partial charge on any atom is 0.191 e. The fraction of sp³-hybridized carbons (Fsp3) is 0.545. The molecule has 1 saturated heterocycles. The first-order valence-electron chi connectivity index (χ1n) is 10.5. The van der Waals surface area contributed by atoms with Gasteiger partial charge in [0.05, 0.1) is 10.7 Å². The molecule has 0 bridgehead atoms. The number of hydrogen-bond donors (Lipinski definition) is 2. The zero-order valence-electron chi connectivity index (χ0n) is 18.1. The van der Waals surface area contributed by atoms with Crippen molar-refractivity contribution in [3.8, 4) is 0 Å². The summed E-state index contributed by atoms with van der Waals surface area (Å²) in [6.07, 6.45) is 0.928. The first-order valence-corrected chi connectivity index (χ1v) is 11.3. The van der Waals surface area contributed by atoms with Gasteiger partial charge in [-0.1, -0.05) is 18.2 Å². The molecule has 1 aliphatic heterocycles. The fourth-order valence-electron chi connectivity index (χ4n) is 3.59. The van der Waals surface area contributed by atoms with E-state index in [9.17, 15) is 0 Å². The average molecular weight is 415 g/mol. The Bertz CT molecular complexity index is 760. The Hall–Kier alpha value is -2.12. The third-order valence-corrected chi connectivity index (χ3v) is 6.68. The van der Waals surface area contributed by atoms with Crippen LogP contribution in [0.3, 0.4) is 0 Å². The number of guanidine groups is 1. The number of aromatic nitrogens is 1. The molecular weight excluding hydrogens is 380 g/mol. The third kappa shape index (κ3) is 6.18. The van der Waals surface area contributed by atoms with Crippen molar-refractivity contribution in [3.05, 3.63) is 45.9 Å². The molecule has 6 nitrogen and oxygen atoms in total. The molecule has 0 saturated carbocycles. The van der Waals surface area contributed by atoms with E-state index in [0.717, 1.165) is 57.3 Å². The summed E-state index contributed by atoms with van der Waals surface area (Å²) in [6.45, 7) is 12.6. The zero-order valence-corrected chi connectivity index (χ0v) is 18.9. The van der Waals surface area contributed by atoms with Crippen LogP contribution >= 0.6 is 11.3 Å². The quantitative estimate of drug-likeness (QED) is 0.539. The van der Waals surface area contributed by atoms with Crippen molar-refractivity contribution in [3.63, 3.8) is 0 Å². The van der Waals surface area contributed by atoms with E-state index >= 15 is 0 Å². The van der Waals surface area contributed by atoms with Crippen LogP contribution in [0, 0.1) is 13.8 Å². The first-order chi connectivity index (χ1) is 14.1. The summed E-state index contributed by atoms with van der Waals surface area (Å²) in [6, 6.07) is 11.2. The lowest BCUT2D eigenvalue weighted by Gasteiger charge is -2.39. The maximum atomic E-state index is 4.60. The number of benzene rings is 1. The van der Waals surface area contributed by atoms with Gasteiger partial charge in [0.25, 0.3) is 0 Å². The van der Waals surface area contributed by atoms with Crippen LogP contribution in [-0.2, 0) is 6.42 Å².